The first-order chi connectivity index (χ1) is 14.8. The number of aliphatic hydroxyl groups is 1. The van der Waals surface area contributed by atoms with Crippen molar-refractivity contribution in [2.45, 2.75) is 17.4 Å². The number of nitrogens with zero attached hydrogens (tertiary/aromatic N) is 3. The Morgan fingerprint density at radius 2 is 1.74 bits per heavy atom. The van der Waals surface area contributed by atoms with E-state index in [2.05, 4.69) is 5.10 Å². The maximum Gasteiger partial charge on any atom is 0.113 e. The highest BCUT2D eigenvalue weighted by atomic mass is 32.2. The first kappa shape index (κ1) is 22.6. The van der Waals surface area contributed by atoms with E-state index in [4.69, 9.17) is 4.99 Å². The molecule has 0 aliphatic heterocycles. The van der Waals surface area contributed by atoms with Gasteiger partial charge in [-0.1, -0.05) is 42.0 Å². The average Bonchev–Trinajstić information content (AvgIpc) is 2.74. The fourth-order valence-corrected chi connectivity index (χ4v) is 4.13. The van der Waals surface area contributed by atoms with Crippen molar-refractivity contribution >= 4 is 34.5 Å². The van der Waals surface area contributed by atoms with Crippen LogP contribution < -0.4 is 0 Å². The molecule has 31 heavy (non-hydrogen) atoms. The highest BCUT2D eigenvalue weighted by Gasteiger charge is 2.26. The molecule has 0 amide bonds. The van der Waals surface area contributed by atoms with Gasteiger partial charge in [0.15, 0.2) is 0 Å². The first-order valence-electron chi connectivity index (χ1n) is 9.96. The predicted molar refractivity (Wildman–Crippen MR) is 130 cm³/mol. The number of hydrazone groups is 1. The molecule has 2 aromatic rings. The van der Waals surface area contributed by atoms with E-state index in [-0.39, 0.29) is 5.75 Å². The Labute approximate surface area is 186 Å². The monoisotopic (exact) mass is 433 g/mol. The zero-order valence-electron chi connectivity index (χ0n) is 18.0. The average molecular weight is 434 g/mol. The van der Waals surface area contributed by atoms with Gasteiger partial charge < -0.3 is 10.1 Å². The molecular weight excluding hydrogens is 406 g/mol. The van der Waals surface area contributed by atoms with E-state index < -0.39 is 16.4 Å². The lowest BCUT2D eigenvalue weighted by Crippen LogP contribution is -2.32. The third-order valence-corrected chi connectivity index (χ3v) is 6.10. The van der Waals surface area contributed by atoms with Gasteiger partial charge in [0.05, 0.1) is 28.0 Å². The molecule has 1 aliphatic rings. The molecule has 0 spiro atoms. The van der Waals surface area contributed by atoms with Crippen LogP contribution >= 0.6 is 0 Å². The molecule has 0 saturated heterocycles. The van der Waals surface area contributed by atoms with Crippen LogP contribution in [0, 0.1) is 6.92 Å². The normalized spacial score (nSPS) is 19.3. The Hall–Kier alpha value is -3.09. The summed E-state index contributed by atoms with van der Waals surface area (Å²) in [6.45, 7) is 1.99. The molecule has 1 N–H and O–H groups in total. The minimum Gasteiger partial charge on any atom is -0.381 e. The lowest BCUT2D eigenvalue weighted by Gasteiger charge is -2.22. The second-order valence-corrected chi connectivity index (χ2v) is 8.98. The highest BCUT2D eigenvalue weighted by Crippen LogP contribution is 2.24. The Morgan fingerprint density at radius 1 is 1.06 bits per heavy atom. The molecule has 0 saturated carbocycles. The van der Waals surface area contributed by atoms with E-state index in [9.17, 15) is 9.32 Å². The van der Waals surface area contributed by atoms with E-state index in [1.54, 1.807) is 35.5 Å². The summed E-state index contributed by atoms with van der Waals surface area (Å²) < 4.78 is 12.6. The summed E-state index contributed by atoms with van der Waals surface area (Å²) in [5.41, 5.74) is 2.33. The van der Waals surface area contributed by atoms with E-state index in [1.807, 2.05) is 81.7 Å². The Kier molecular flexibility index (Phi) is 7.50. The summed E-state index contributed by atoms with van der Waals surface area (Å²) in [6.07, 6.45) is 12.4. The van der Waals surface area contributed by atoms with Crippen LogP contribution in [-0.4, -0.2) is 51.7 Å². The molecule has 3 rings (SSSR count). The number of aliphatic imine (C=N–C) groups is 1. The minimum absolute atomic E-state index is 0.0981. The van der Waals surface area contributed by atoms with Gasteiger partial charge in [0.2, 0.25) is 0 Å². The van der Waals surface area contributed by atoms with Crippen LogP contribution in [0.4, 0.5) is 5.69 Å². The van der Waals surface area contributed by atoms with Crippen molar-refractivity contribution in [1.82, 2.24) is 5.01 Å². The van der Waals surface area contributed by atoms with Crippen LogP contribution in [0.2, 0.25) is 0 Å². The van der Waals surface area contributed by atoms with E-state index in [1.165, 1.54) is 0 Å². The Bertz CT molecular complexity index is 1060. The molecule has 0 radical (unpaired) electrons. The summed E-state index contributed by atoms with van der Waals surface area (Å²) in [6, 6.07) is 15.3. The molecule has 160 valence electrons. The molecule has 1 unspecified atom stereocenters. The molecular formula is C25H27N3O2S. The van der Waals surface area contributed by atoms with Gasteiger partial charge in [-0.15, -0.1) is 0 Å². The number of para-hydroxylation sites is 1. The molecule has 1 aliphatic carbocycles. The maximum atomic E-state index is 12.6. The fraction of sp³-hybridized carbons (Fsp3) is 0.200. The van der Waals surface area contributed by atoms with Crippen molar-refractivity contribution in [1.29, 1.82) is 0 Å². The number of allylic oxidation sites excluding steroid dienone is 3. The molecule has 0 aromatic heterocycles. The van der Waals surface area contributed by atoms with E-state index in [0.717, 1.165) is 16.8 Å². The summed E-state index contributed by atoms with van der Waals surface area (Å²) in [5, 5.41) is 16.7. The third kappa shape index (κ3) is 6.70. The van der Waals surface area contributed by atoms with Crippen molar-refractivity contribution in [2.75, 3.05) is 19.8 Å². The minimum atomic E-state index is -1.31. The van der Waals surface area contributed by atoms with Gasteiger partial charge >= 0.3 is 0 Å². The summed E-state index contributed by atoms with van der Waals surface area (Å²) in [7, 11) is 2.42. The predicted octanol–water partition coefficient (Wildman–Crippen LogP) is 4.29. The molecule has 0 heterocycles. The van der Waals surface area contributed by atoms with Crippen molar-refractivity contribution in [3.05, 3.63) is 90.0 Å². The number of hydrogen-bond donors (Lipinski definition) is 1. The van der Waals surface area contributed by atoms with Crippen molar-refractivity contribution in [2.24, 2.45) is 10.1 Å². The van der Waals surface area contributed by atoms with Crippen LogP contribution in [0.1, 0.15) is 11.1 Å². The van der Waals surface area contributed by atoms with Gasteiger partial charge in [0.1, 0.15) is 5.60 Å². The quantitative estimate of drug-likeness (QED) is 0.523. The van der Waals surface area contributed by atoms with Crippen LogP contribution in [0.25, 0.3) is 6.08 Å². The number of rotatable bonds is 7. The van der Waals surface area contributed by atoms with E-state index in [0.29, 0.717) is 10.6 Å². The van der Waals surface area contributed by atoms with Crippen LogP contribution in [0.15, 0.2) is 93.9 Å². The molecule has 0 bridgehead atoms. The third-order valence-electron chi connectivity index (χ3n) is 4.58. The maximum absolute atomic E-state index is 12.6. The van der Waals surface area contributed by atoms with Crippen LogP contribution in [-0.2, 0) is 10.8 Å². The highest BCUT2D eigenvalue weighted by molar-refractivity contribution is 7.85. The topological polar surface area (TPSA) is 65.3 Å². The summed E-state index contributed by atoms with van der Waals surface area (Å²) in [5.74, 6) is 0.0981. The second-order valence-electron chi connectivity index (χ2n) is 7.53. The molecule has 2 aromatic carbocycles. The molecule has 1 atom stereocenters. The number of hydrogen-bond acceptors (Lipinski definition) is 5. The molecule has 6 heteroatoms. The zero-order valence-corrected chi connectivity index (χ0v) is 18.8. The van der Waals surface area contributed by atoms with Crippen molar-refractivity contribution in [3.63, 3.8) is 0 Å². The van der Waals surface area contributed by atoms with Crippen molar-refractivity contribution in [3.8, 4) is 0 Å². The van der Waals surface area contributed by atoms with Gasteiger partial charge in [-0.05, 0) is 55.5 Å². The smallest absolute Gasteiger partial charge is 0.113 e. The molecule has 0 fully saturated rings. The van der Waals surface area contributed by atoms with E-state index >= 15 is 0 Å². The summed E-state index contributed by atoms with van der Waals surface area (Å²) in [4.78, 5) is 5.40. The fourth-order valence-electron chi connectivity index (χ4n) is 2.91. The summed E-state index contributed by atoms with van der Waals surface area (Å²) >= 11 is 0. The number of benzene rings is 2. The lowest BCUT2D eigenvalue weighted by molar-refractivity contribution is 0.167. The van der Waals surface area contributed by atoms with Crippen LogP contribution in [0.5, 0.6) is 0 Å². The second kappa shape index (κ2) is 10.3. The standard InChI is InChI=1S/C25H27N3O2S/c1-20-10-12-23(13-11-20)31(30)19-25(29)16-14-22(15-17-25)27-24-9-5-4-7-21(24)8-6-18-26-28(2)3/h4-18,29H,19H2,1-3H3/b8-6+,26-18+,27-22?. The van der Waals surface area contributed by atoms with Crippen molar-refractivity contribution < 1.29 is 9.32 Å². The zero-order chi connectivity index (χ0) is 22.3. The SMILES string of the molecule is Cc1ccc(S(=O)CC2(O)C=CC(=Nc3ccccc3/C=C/C=N/N(C)C)C=C2)cc1. The van der Waals surface area contributed by atoms with Gasteiger partial charge in [-0.25, -0.2) is 4.99 Å². The first-order valence-corrected chi connectivity index (χ1v) is 11.3. The Balaban J connectivity index is 1.72. The lowest BCUT2D eigenvalue weighted by atomic mass is 9.99. The van der Waals surface area contributed by atoms with Crippen LogP contribution in [0.3, 0.4) is 0 Å². The van der Waals surface area contributed by atoms with Gasteiger partial charge in [-0.2, -0.15) is 5.10 Å². The van der Waals surface area contributed by atoms with Gasteiger partial charge in [0.25, 0.3) is 0 Å². The van der Waals surface area contributed by atoms with Gasteiger partial charge in [0, 0.05) is 30.8 Å². The molecule has 5 nitrogen and oxygen atoms in total. The Morgan fingerprint density at radius 3 is 2.42 bits per heavy atom. The number of aryl methyl sites for hydroxylation is 1. The largest absolute Gasteiger partial charge is 0.381 e. The van der Waals surface area contributed by atoms with Gasteiger partial charge in [-0.3, -0.25) is 4.21 Å².